The van der Waals surface area contributed by atoms with Gasteiger partial charge in [0.05, 0.1) is 29.2 Å². The first kappa shape index (κ1) is 64.2. The number of hydrogen-bond donors (Lipinski definition) is 0. The van der Waals surface area contributed by atoms with Gasteiger partial charge in [0, 0.05) is 0 Å². The molecule has 0 amide bonds. The van der Waals surface area contributed by atoms with Crippen LogP contribution in [0.2, 0.25) is 0 Å². The Kier molecular flexibility index (Phi) is 47.6. The molecular formula is C56H97KO7S. The zero-order chi connectivity index (χ0) is 46.4. The van der Waals surface area contributed by atoms with Crippen LogP contribution in [0.4, 0.5) is 0 Å². The van der Waals surface area contributed by atoms with Crippen LogP contribution < -0.4 is 51.4 Å². The maximum absolute atomic E-state index is 13.0. The monoisotopic (exact) mass is 953 g/mol. The van der Waals surface area contributed by atoms with Crippen LogP contribution in [0.15, 0.2) is 47.4 Å². The van der Waals surface area contributed by atoms with Crippen LogP contribution in [0.3, 0.4) is 0 Å². The Morgan fingerprint density at radius 2 is 0.677 bits per heavy atom. The van der Waals surface area contributed by atoms with E-state index in [9.17, 15) is 22.6 Å². The number of hydrogen-bond acceptors (Lipinski definition) is 7. The number of benzene rings is 1. The first-order valence-electron chi connectivity index (χ1n) is 27.0. The van der Waals surface area contributed by atoms with Crippen molar-refractivity contribution in [2.24, 2.45) is 0 Å². The fourth-order valence-corrected chi connectivity index (χ4v) is 8.83. The van der Waals surface area contributed by atoms with Crippen LogP contribution in [-0.2, 0) is 19.6 Å². The Morgan fingerprint density at radius 3 is 0.969 bits per heavy atom. The Balaban J connectivity index is 0.0000410. The summed E-state index contributed by atoms with van der Waals surface area (Å²) in [7, 11) is -4.82. The van der Waals surface area contributed by atoms with E-state index in [-0.39, 0.29) is 75.7 Å². The van der Waals surface area contributed by atoms with E-state index in [1.165, 1.54) is 212 Å². The van der Waals surface area contributed by atoms with E-state index in [2.05, 4.69) is 38.2 Å². The van der Waals surface area contributed by atoms with E-state index in [4.69, 9.17) is 9.47 Å². The van der Waals surface area contributed by atoms with Crippen molar-refractivity contribution in [3.63, 3.8) is 0 Å². The predicted molar refractivity (Wildman–Crippen MR) is 269 cm³/mol. The van der Waals surface area contributed by atoms with Gasteiger partial charge in [-0.3, -0.25) is 0 Å². The third-order valence-electron chi connectivity index (χ3n) is 12.5. The molecule has 0 aliphatic carbocycles. The fourth-order valence-electron chi connectivity index (χ4n) is 8.33. The van der Waals surface area contributed by atoms with Gasteiger partial charge in [-0.15, -0.1) is 0 Å². The second-order valence-electron chi connectivity index (χ2n) is 18.6. The molecule has 65 heavy (non-hydrogen) atoms. The van der Waals surface area contributed by atoms with Gasteiger partial charge >= 0.3 is 63.3 Å². The summed E-state index contributed by atoms with van der Waals surface area (Å²) in [5.74, 6) is -1.55. The molecule has 0 aliphatic rings. The molecule has 0 heterocycles. The molecule has 0 saturated carbocycles. The second-order valence-corrected chi connectivity index (χ2v) is 19.9. The van der Waals surface area contributed by atoms with Gasteiger partial charge in [-0.2, -0.15) is 0 Å². The van der Waals surface area contributed by atoms with Crippen molar-refractivity contribution < 1.29 is 83.4 Å². The molecule has 0 unspecified atom stereocenters. The maximum atomic E-state index is 13.0. The van der Waals surface area contributed by atoms with E-state index in [0.717, 1.165) is 50.7 Å². The van der Waals surface area contributed by atoms with Crippen LogP contribution in [-0.4, -0.2) is 38.1 Å². The summed E-state index contributed by atoms with van der Waals surface area (Å²) >= 11 is 0. The Hall–Kier alpha value is -0.814. The summed E-state index contributed by atoms with van der Waals surface area (Å²) in [6.45, 7) is 4.91. The van der Waals surface area contributed by atoms with Gasteiger partial charge in [0.1, 0.15) is 10.1 Å². The van der Waals surface area contributed by atoms with Gasteiger partial charge in [-0.1, -0.05) is 231 Å². The van der Waals surface area contributed by atoms with E-state index >= 15 is 0 Å². The minimum absolute atomic E-state index is 0. The van der Waals surface area contributed by atoms with Crippen molar-refractivity contribution in [2.75, 3.05) is 13.2 Å². The second kappa shape index (κ2) is 48.2. The molecule has 370 valence electrons. The topological polar surface area (TPSA) is 110 Å². The van der Waals surface area contributed by atoms with E-state index in [1.54, 1.807) is 0 Å². The van der Waals surface area contributed by atoms with Gasteiger partial charge in [0.25, 0.3) is 0 Å². The molecule has 0 saturated heterocycles. The molecule has 1 rings (SSSR count). The molecule has 0 N–H and O–H groups in total. The molecule has 0 atom stereocenters. The van der Waals surface area contributed by atoms with E-state index < -0.39 is 27.0 Å². The number of carbonyl (C=O) groups is 2. The van der Waals surface area contributed by atoms with Gasteiger partial charge < -0.3 is 14.0 Å². The van der Waals surface area contributed by atoms with Gasteiger partial charge in [0.2, 0.25) is 0 Å². The van der Waals surface area contributed by atoms with Crippen molar-refractivity contribution in [2.45, 2.75) is 276 Å². The van der Waals surface area contributed by atoms with Crippen molar-refractivity contribution >= 4 is 22.1 Å². The third kappa shape index (κ3) is 40.8. The van der Waals surface area contributed by atoms with Crippen LogP contribution >= 0.6 is 0 Å². The summed E-state index contributed by atoms with van der Waals surface area (Å²) < 4.78 is 46.0. The molecule has 1 aromatic carbocycles. The van der Waals surface area contributed by atoms with E-state index in [0.29, 0.717) is 12.8 Å². The van der Waals surface area contributed by atoms with Crippen LogP contribution in [0.25, 0.3) is 0 Å². The molecule has 0 fully saturated rings. The van der Waals surface area contributed by atoms with Crippen LogP contribution in [0.1, 0.15) is 291 Å². The van der Waals surface area contributed by atoms with Gasteiger partial charge in [-0.05, 0) is 82.4 Å². The predicted octanol–water partition coefficient (Wildman–Crippen LogP) is 14.7. The third-order valence-corrected chi connectivity index (χ3v) is 13.3. The zero-order valence-corrected chi connectivity index (χ0v) is 46.4. The zero-order valence-electron chi connectivity index (χ0n) is 42.5. The quantitative estimate of drug-likeness (QED) is 0.0210. The molecular weight excluding hydrogens is 856 g/mol. The summed E-state index contributed by atoms with van der Waals surface area (Å²) in [4.78, 5) is 25.4. The molecule has 0 aromatic heterocycles. The minimum atomic E-state index is -4.82. The van der Waals surface area contributed by atoms with E-state index in [1.807, 2.05) is 0 Å². The number of ether oxygens (including phenoxy) is 2. The van der Waals surface area contributed by atoms with Crippen molar-refractivity contribution in [1.29, 1.82) is 0 Å². The number of allylic oxidation sites excluding steroid dienone is 4. The number of unbranched alkanes of at least 4 members (excludes halogenated alkanes) is 36. The number of rotatable bonds is 47. The first-order valence-corrected chi connectivity index (χ1v) is 28.5. The summed E-state index contributed by atoms with van der Waals surface area (Å²) in [6.07, 6.45) is 59.5. The summed E-state index contributed by atoms with van der Waals surface area (Å²) in [5, 5.41) is 0. The Labute approximate surface area is 443 Å². The molecule has 0 aliphatic heterocycles. The molecule has 0 spiro atoms. The summed E-state index contributed by atoms with van der Waals surface area (Å²) in [5.41, 5.74) is -0.337. The maximum Gasteiger partial charge on any atom is 1.00 e. The molecule has 1 aromatic rings. The van der Waals surface area contributed by atoms with Gasteiger partial charge in [0.15, 0.2) is 0 Å². The Bertz CT molecular complexity index is 1410. The SMILES string of the molecule is CCCCCCCCCCCC/C=C/CCCCCCCCCCOC(=O)c1ccc(S(=O)(=O)[O-])cc1C(=O)OCCCCCCCCCC/C=C/CCCCCCCCCCCC.[K+]. The fraction of sp³-hybridized carbons (Fsp3) is 0.786. The molecule has 9 heteroatoms. The number of esters is 2. The van der Waals surface area contributed by atoms with Crippen LogP contribution in [0.5, 0.6) is 0 Å². The Morgan fingerprint density at radius 1 is 0.415 bits per heavy atom. The smallest absolute Gasteiger partial charge is 0.744 e. The largest absolute Gasteiger partial charge is 1.00 e. The van der Waals surface area contributed by atoms with Crippen molar-refractivity contribution in [3.05, 3.63) is 53.6 Å². The molecule has 0 radical (unpaired) electrons. The van der Waals surface area contributed by atoms with Crippen molar-refractivity contribution in [1.82, 2.24) is 0 Å². The minimum Gasteiger partial charge on any atom is -0.744 e. The first-order chi connectivity index (χ1) is 31.3. The average molecular weight is 954 g/mol. The van der Waals surface area contributed by atoms with Gasteiger partial charge in [-0.25, -0.2) is 18.0 Å². The summed E-state index contributed by atoms with van der Waals surface area (Å²) in [6, 6.07) is 3.15. The normalized spacial score (nSPS) is 11.7. The standard InChI is InChI=1S/C56H98O7S.K/c1-3-5-7-9-11-13-15-17-19-21-23-25-27-29-31-33-35-37-39-41-43-45-49-62-55(57)53-48-47-52(64(59,60)61)51-54(53)56(58)63-50-46-44-42-40-38-36-34-32-30-28-26-24-22-20-18-16-14-12-10-8-6-4-2;/h25-28,47-48,51H,3-24,29-46,49-50H2,1-2H3,(H,59,60,61);/q;+1/p-1/b27-25+,28-26+;. The molecule has 7 nitrogen and oxygen atoms in total. The molecule has 0 bridgehead atoms. The average Bonchev–Trinajstić information content (AvgIpc) is 3.28. The van der Waals surface area contributed by atoms with Crippen molar-refractivity contribution in [3.8, 4) is 0 Å². The van der Waals surface area contributed by atoms with Crippen LogP contribution in [0, 0.1) is 0 Å². The number of carbonyl (C=O) groups excluding carboxylic acids is 2.